The molecule has 3 aromatic rings. The first kappa shape index (κ1) is 16.3. The average Bonchev–Trinajstić information content (AvgIpc) is 2.67. The summed E-state index contributed by atoms with van der Waals surface area (Å²) in [6, 6.07) is 12.9. The van der Waals surface area contributed by atoms with Gasteiger partial charge in [0.05, 0.1) is 10.9 Å². The minimum Gasteiger partial charge on any atom is -0.353 e. The van der Waals surface area contributed by atoms with Gasteiger partial charge < -0.3 is 14.8 Å². The number of aryl methyl sites for hydroxylation is 1. The summed E-state index contributed by atoms with van der Waals surface area (Å²) in [4.78, 5) is 40.3. The Kier molecular flexibility index (Phi) is 4.12. The number of carbonyl (C=O) groups excluding carboxylic acids is 1. The minimum absolute atomic E-state index is 0.0934. The number of H-pyrrole nitrogens is 1. The predicted octanol–water partition coefficient (Wildman–Crippen LogP) is 1.59. The molecule has 132 valence electrons. The molecule has 26 heavy (non-hydrogen) atoms. The number of hydrogen-bond donors (Lipinski definition) is 1. The maximum Gasteiger partial charge on any atom is 0.289 e. The van der Waals surface area contributed by atoms with Crippen LogP contribution in [0.25, 0.3) is 10.9 Å². The molecule has 1 aliphatic rings. The molecule has 0 aliphatic carbocycles. The molecule has 1 amide bonds. The fourth-order valence-corrected chi connectivity index (χ4v) is 3.18. The number of nitrogens with one attached hydrogen (secondary N) is 1. The predicted molar refractivity (Wildman–Crippen MR) is 99.5 cm³/mol. The van der Waals surface area contributed by atoms with E-state index < -0.39 is 0 Å². The highest BCUT2D eigenvalue weighted by Gasteiger charge is 2.24. The summed E-state index contributed by atoms with van der Waals surface area (Å²) in [6.07, 6.45) is 0. The number of fused-ring (bicyclic) bond motifs is 1. The van der Waals surface area contributed by atoms with Gasteiger partial charge >= 0.3 is 0 Å². The van der Waals surface area contributed by atoms with E-state index in [2.05, 4.69) is 19.9 Å². The van der Waals surface area contributed by atoms with Crippen LogP contribution in [-0.2, 0) is 0 Å². The van der Waals surface area contributed by atoms with Crippen LogP contribution in [0, 0.1) is 6.92 Å². The topological polar surface area (TPSA) is 82.2 Å². The van der Waals surface area contributed by atoms with Gasteiger partial charge in [-0.1, -0.05) is 18.2 Å². The van der Waals surface area contributed by atoms with Gasteiger partial charge in [-0.3, -0.25) is 9.59 Å². The zero-order valence-electron chi connectivity index (χ0n) is 14.5. The molecule has 7 heteroatoms. The van der Waals surface area contributed by atoms with Crippen molar-refractivity contribution in [3.63, 3.8) is 0 Å². The van der Waals surface area contributed by atoms with Gasteiger partial charge in [-0.15, -0.1) is 0 Å². The Morgan fingerprint density at radius 3 is 2.54 bits per heavy atom. The van der Waals surface area contributed by atoms with E-state index >= 15 is 0 Å². The van der Waals surface area contributed by atoms with Crippen molar-refractivity contribution in [3.8, 4) is 0 Å². The van der Waals surface area contributed by atoms with Crippen molar-refractivity contribution in [3.05, 3.63) is 64.3 Å². The standard InChI is InChI=1S/C19H19N5O2/c1-13-5-4-8-16(20-13)23-9-11-24(12-10-23)19(26)17-21-15-7-3-2-6-14(15)18(25)22-17/h2-8H,9-12H2,1H3,(H,21,22,25). The number of rotatable bonds is 2. The molecule has 0 spiro atoms. The lowest BCUT2D eigenvalue weighted by molar-refractivity contribution is 0.0734. The first-order valence-corrected chi connectivity index (χ1v) is 8.59. The Bertz CT molecular complexity index is 1020. The number of anilines is 1. The zero-order valence-corrected chi connectivity index (χ0v) is 14.5. The second-order valence-electron chi connectivity index (χ2n) is 6.35. The van der Waals surface area contributed by atoms with Gasteiger partial charge in [0.2, 0.25) is 0 Å². The third-order valence-electron chi connectivity index (χ3n) is 4.58. The van der Waals surface area contributed by atoms with Crippen molar-refractivity contribution in [2.75, 3.05) is 31.1 Å². The van der Waals surface area contributed by atoms with Crippen LogP contribution in [0.15, 0.2) is 47.3 Å². The third kappa shape index (κ3) is 3.03. The molecule has 0 radical (unpaired) electrons. The molecule has 0 atom stereocenters. The molecule has 1 aromatic carbocycles. The summed E-state index contributed by atoms with van der Waals surface area (Å²) in [5.41, 5.74) is 1.21. The normalized spacial score (nSPS) is 14.7. The van der Waals surface area contributed by atoms with Gasteiger partial charge in [-0.2, -0.15) is 0 Å². The highest BCUT2D eigenvalue weighted by molar-refractivity contribution is 5.92. The van der Waals surface area contributed by atoms with Crippen molar-refractivity contribution in [2.45, 2.75) is 6.92 Å². The van der Waals surface area contributed by atoms with E-state index in [1.54, 1.807) is 29.2 Å². The van der Waals surface area contributed by atoms with E-state index in [-0.39, 0.29) is 17.3 Å². The number of aromatic amines is 1. The maximum absolute atomic E-state index is 12.8. The van der Waals surface area contributed by atoms with Crippen LogP contribution in [0.2, 0.25) is 0 Å². The minimum atomic E-state index is -0.290. The van der Waals surface area contributed by atoms with Crippen LogP contribution in [0.1, 0.15) is 16.3 Å². The summed E-state index contributed by atoms with van der Waals surface area (Å²) in [6.45, 7) is 4.47. The Morgan fingerprint density at radius 2 is 1.77 bits per heavy atom. The number of hydrogen-bond acceptors (Lipinski definition) is 5. The maximum atomic E-state index is 12.8. The van der Waals surface area contributed by atoms with E-state index in [1.165, 1.54) is 0 Å². The van der Waals surface area contributed by atoms with Crippen LogP contribution in [-0.4, -0.2) is 51.9 Å². The van der Waals surface area contributed by atoms with Crippen LogP contribution in [0.4, 0.5) is 5.82 Å². The molecule has 7 nitrogen and oxygen atoms in total. The lowest BCUT2D eigenvalue weighted by Gasteiger charge is -2.35. The van der Waals surface area contributed by atoms with Crippen LogP contribution in [0.5, 0.6) is 0 Å². The number of benzene rings is 1. The highest BCUT2D eigenvalue weighted by Crippen LogP contribution is 2.15. The number of piperazine rings is 1. The van der Waals surface area contributed by atoms with E-state index in [9.17, 15) is 9.59 Å². The summed E-state index contributed by atoms with van der Waals surface area (Å²) >= 11 is 0. The molecule has 4 rings (SSSR count). The Balaban J connectivity index is 1.51. The van der Waals surface area contributed by atoms with Gasteiger partial charge in [0.25, 0.3) is 11.5 Å². The molecule has 0 bridgehead atoms. The molecular formula is C19H19N5O2. The van der Waals surface area contributed by atoms with Gasteiger partial charge in [-0.05, 0) is 31.2 Å². The molecule has 0 unspecified atom stereocenters. The van der Waals surface area contributed by atoms with Gasteiger partial charge in [0, 0.05) is 31.9 Å². The number of amides is 1. The number of para-hydroxylation sites is 1. The molecule has 1 N–H and O–H groups in total. The smallest absolute Gasteiger partial charge is 0.289 e. The molecule has 1 fully saturated rings. The van der Waals surface area contributed by atoms with Gasteiger partial charge in [0.1, 0.15) is 5.82 Å². The Hall–Kier alpha value is -3.22. The van der Waals surface area contributed by atoms with E-state index in [0.717, 1.165) is 11.5 Å². The zero-order chi connectivity index (χ0) is 18.1. The fourth-order valence-electron chi connectivity index (χ4n) is 3.18. The molecule has 1 saturated heterocycles. The SMILES string of the molecule is Cc1cccc(N2CCN(C(=O)c3nc4ccccc4c(=O)[nH]3)CC2)n1. The summed E-state index contributed by atoms with van der Waals surface area (Å²) in [7, 11) is 0. The van der Waals surface area contributed by atoms with Gasteiger partial charge in [-0.25, -0.2) is 9.97 Å². The van der Waals surface area contributed by atoms with Gasteiger partial charge in [0.15, 0.2) is 5.82 Å². The molecule has 3 heterocycles. The number of aromatic nitrogens is 3. The molecule has 0 saturated carbocycles. The third-order valence-corrected chi connectivity index (χ3v) is 4.58. The van der Waals surface area contributed by atoms with Crippen LogP contribution in [0.3, 0.4) is 0 Å². The average molecular weight is 349 g/mol. The van der Waals surface area contributed by atoms with E-state index in [0.29, 0.717) is 37.1 Å². The molecule has 1 aliphatic heterocycles. The molecular weight excluding hydrogens is 330 g/mol. The van der Waals surface area contributed by atoms with Crippen molar-refractivity contribution >= 4 is 22.6 Å². The number of pyridine rings is 1. The fraction of sp³-hybridized carbons (Fsp3) is 0.263. The molecule has 2 aromatic heterocycles. The van der Waals surface area contributed by atoms with Crippen LogP contribution >= 0.6 is 0 Å². The lowest BCUT2D eigenvalue weighted by Crippen LogP contribution is -2.49. The second-order valence-corrected chi connectivity index (χ2v) is 6.35. The largest absolute Gasteiger partial charge is 0.353 e. The Morgan fingerprint density at radius 1 is 1.00 bits per heavy atom. The number of nitrogens with zero attached hydrogens (tertiary/aromatic N) is 4. The first-order chi connectivity index (χ1) is 12.6. The van der Waals surface area contributed by atoms with Crippen LogP contribution < -0.4 is 10.5 Å². The Labute approximate surface area is 150 Å². The van der Waals surface area contributed by atoms with Crippen molar-refractivity contribution in [1.29, 1.82) is 0 Å². The summed E-state index contributed by atoms with van der Waals surface area (Å²) < 4.78 is 0. The quantitative estimate of drug-likeness (QED) is 0.760. The lowest BCUT2D eigenvalue weighted by atomic mass is 10.2. The van der Waals surface area contributed by atoms with Crippen molar-refractivity contribution < 1.29 is 4.79 Å². The van der Waals surface area contributed by atoms with Crippen molar-refractivity contribution in [1.82, 2.24) is 19.9 Å². The summed E-state index contributed by atoms with van der Waals surface area (Å²) in [5, 5.41) is 0.486. The monoisotopic (exact) mass is 349 g/mol. The van der Waals surface area contributed by atoms with E-state index in [4.69, 9.17) is 0 Å². The number of carbonyl (C=O) groups is 1. The first-order valence-electron chi connectivity index (χ1n) is 8.59. The highest BCUT2D eigenvalue weighted by atomic mass is 16.2. The van der Waals surface area contributed by atoms with E-state index in [1.807, 2.05) is 25.1 Å². The summed E-state index contributed by atoms with van der Waals surface area (Å²) in [5.74, 6) is 0.773. The van der Waals surface area contributed by atoms with Crippen molar-refractivity contribution in [2.24, 2.45) is 0 Å². The second kappa shape index (κ2) is 6.59.